The van der Waals surface area contributed by atoms with Crippen LogP contribution in [0, 0.1) is 23.2 Å². The molecule has 2 aliphatic rings. The summed E-state index contributed by atoms with van der Waals surface area (Å²) in [6, 6.07) is 2.15. The number of nitrogens with zero attached hydrogens (tertiary/aromatic N) is 2. The van der Waals surface area contributed by atoms with Crippen LogP contribution >= 0.6 is 0 Å². The van der Waals surface area contributed by atoms with Gasteiger partial charge >= 0.3 is 6.18 Å². The molecule has 2 fully saturated rings. The Morgan fingerprint density at radius 1 is 1.25 bits per heavy atom. The molecule has 2 atom stereocenters. The van der Waals surface area contributed by atoms with E-state index in [1.165, 1.54) is 0 Å². The first-order valence-electron chi connectivity index (χ1n) is 7.17. The topological polar surface area (TPSA) is 44.1 Å². The van der Waals surface area contributed by atoms with Crippen LogP contribution in [0.4, 0.5) is 13.2 Å². The molecule has 0 radical (unpaired) electrons. The van der Waals surface area contributed by atoms with Gasteiger partial charge in [-0.2, -0.15) is 18.4 Å². The Balaban J connectivity index is 1.98. The molecule has 6 heteroatoms. The molecule has 0 aromatic heterocycles. The Hall–Kier alpha value is -1.25. The van der Waals surface area contributed by atoms with Gasteiger partial charge in [-0.05, 0) is 32.1 Å². The van der Waals surface area contributed by atoms with E-state index in [4.69, 9.17) is 5.26 Å². The van der Waals surface area contributed by atoms with Gasteiger partial charge in [0.25, 0.3) is 0 Å². The number of halogens is 3. The highest BCUT2D eigenvalue weighted by atomic mass is 19.4. The Morgan fingerprint density at radius 2 is 1.95 bits per heavy atom. The lowest BCUT2D eigenvalue weighted by Gasteiger charge is -2.33. The van der Waals surface area contributed by atoms with Crippen molar-refractivity contribution in [3.05, 3.63) is 0 Å². The van der Waals surface area contributed by atoms with Crippen LogP contribution in [0.1, 0.15) is 44.9 Å². The summed E-state index contributed by atoms with van der Waals surface area (Å²) < 4.78 is 38.4. The zero-order valence-corrected chi connectivity index (χ0v) is 11.3. The molecule has 0 aromatic carbocycles. The van der Waals surface area contributed by atoms with Crippen LogP contribution in [0.25, 0.3) is 0 Å². The fourth-order valence-electron chi connectivity index (χ4n) is 2.98. The number of alkyl halides is 3. The second kappa shape index (κ2) is 6.02. The largest absolute Gasteiger partial charge is 0.391 e. The molecule has 20 heavy (non-hydrogen) atoms. The van der Waals surface area contributed by atoms with Crippen molar-refractivity contribution < 1.29 is 18.0 Å². The first-order chi connectivity index (χ1) is 9.43. The maximum absolute atomic E-state index is 12.8. The van der Waals surface area contributed by atoms with Crippen molar-refractivity contribution in [2.45, 2.75) is 57.2 Å². The average Bonchev–Trinajstić information content (AvgIpc) is 3.23. The fourth-order valence-corrected chi connectivity index (χ4v) is 2.98. The molecule has 2 rings (SSSR count). The minimum absolute atomic E-state index is 0.0852. The molecule has 2 saturated carbocycles. The van der Waals surface area contributed by atoms with Crippen molar-refractivity contribution in [3.63, 3.8) is 0 Å². The van der Waals surface area contributed by atoms with E-state index in [-0.39, 0.29) is 31.2 Å². The number of hydrogen-bond acceptors (Lipinski definition) is 2. The standard InChI is InChI=1S/C14H19F3N2O/c15-14(16,17)11-4-1-3-10(9-11)13(20)19(8-2-7-18)12-5-6-12/h10-12H,1-6,8-9H2. The van der Waals surface area contributed by atoms with Gasteiger partial charge in [0, 0.05) is 18.5 Å². The molecule has 0 saturated heterocycles. The van der Waals surface area contributed by atoms with E-state index < -0.39 is 18.0 Å². The summed E-state index contributed by atoms with van der Waals surface area (Å²) in [7, 11) is 0. The van der Waals surface area contributed by atoms with Gasteiger partial charge in [0.15, 0.2) is 0 Å². The van der Waals surface area contributed by atoms with Gasteiger partial charge in [0.2, 0.25) is 5.91 Å². The lowest BCUT2D eigenvalue weighted by Crippen LogP contribution is -2.41. The lowest BCUT2D eigenvalue weighted by molar-refractivity contribution is -0.187. The van der Waals surface area contributed by atoms with E-state index in [1.54, 1.807) is 4.90 Å². The highest BCUT2D eigenvalue weighted by Crippen LogP contribution is 2.41. The number of amides is 1. The lowest BCUT2D eigenvalue weighted by atomic mass is 9.80. The van der Waals surface area contributed by atoms with E-state index in [2.05, 4.69) is 0 Å². The maximum Gasteiger partial charge on any atom is 0.391 e. The quantitative estimate of drug-likeness (QED) is 0.797. The minimum atomic E-state index is -4.20. The molecule has 0 aromatic rings. The summed E-state index contributed by atoms with van der Waals surface area (Å²) >= 11 is 0. The van der Waals surface area contributed by atoms with Crippen LogP contribution in [0.5, 0.6) is 0 Å². The van der Waals surface area contributed by atoms with Crippen LogP contribution in [0.2, 0.25) is 0 Å². The molecule has 0 aliphatic heterocycles. The third-order valence-corrected chi connectivity index (χ3v) is 4.22. The molecule has 0 heterocycles. The number of carbonyl (C=O) groups excluding carboxylic acids is 1. The van der Waals surface area contributed by atoms with Crippen molar-refractivity contribution in [2.75, 3.05) is 6.54 Å². The predicted molar refractivity (Wildman–Crippen MR) is 66.5 cm³/mol. The number of nitriles is 1. The Kier molecular flexibility index (Phi) is 4.56. The zero-order chi connectivity index (χ0) is 14.8. The maximum atomic E-state index is 12.8. The van der Waals surface area contributed by atoms with Crippen LogP contribution < -0.4 is 0 Å². The number of hydrogen-bond donors (Lipinski definition) is 0. The molecule has 112 valence electrons. The van der Waals surface area contributed by atoms with Gasteiger partial charge in [-0.1, -0.05) is 6.42 Å². The van der Waals surface area contributed by atoms with E-state index >= 15 is 0 Å². The highest BCUT2D eigenvalue weighted by Gasteiger charge is 2.45. The molecule has 0 spiro atoms. The monoisotopic (exact) mass is 288 g/mol. The van der Waals surface area contributed by atoms with Gasteiger partial charge < -0.3 is 4.90 Å². The summed E-state index contributed by atoms with van der Waals surface area (Å²) in [6.07, 6.45) is -1.08. The van der Waals surface area contributed by atoms with Gasteiger partial charge in [0.05, 0.1) is 18.4 Å². The van der Waals surface area contributed by atoms with E-state index in [0.29, 0.717) is 19.4 Å². The smallest absolute Gasteiger partial charge is 0.338 e. The average molecular weight is 288 g/mol. The van der Waals surface area contributed by atoms with Gasteiger partial charge in [-0.3, -0.25) is 4.79 Å². The number of carbonyl (C=O) groups is 1. The molecular formula is C14H19F3N2O. The SMILES string of the molecule is N#CCCN(C(=O)C1CCCC(C(F)(F)F)C1)C1CC1. The Bertz CT molecular complexity index is 398. The van der Waals surface area contributed by atoms with Crippen molar-refractivity contribution in [1.29, 1.82) is 5.26 Å². The van der Waals surface area contributed by atoms with Crippen molar-refractivity contribution >= 4 is 5.91 Å². The normalized spacial score (nSPS) is 26.9. The Labute approximate surface area is 116 Å². The van der Waals surface area contributed by atoms with Gasteiger partial charge in [-0.25, -0.2) is 0 Å². The summed E-state index contributed by atoms with van der Waals surface area (Å²) in [5.41, 5.74) is 0. The molecule has 1 amide bonds. The van der Waals surface area contributed by atoms with Gasteiger partial charge in [-0.15, -0.1) is 0 Å². The van der Waals surface area contributed by atoms with Crippen molar-refractivity contribution in [2.24, 2.45) is 11.8 Å². The van der Waals surface area contributed by atoms with Crippen LogP contribution in [-0.2, 0) is 4.79 Å². The Morgan fingerprint density at radius 3 is 2.50 bits per heavy atom. The molecule has 2 aliphatic carbocycles. The van der Waals surface area contributed by atoms with Crippen molar-refractivity contribution in [3.8, 4) is 6.07 Å². The third-order valence-electron chi connectivity index (χ3n) is 4.22. The second-order valence-electron chi connectivity index (χ2n) is 5.77. The van der Waals surface area contributed by atoms with Crippen LogP contribution in [0.3, 0.4) is 0 Å². The van der Waals surface area contributed by atoms with E-state index in [0.717, 1.165) is 12.8 Å². The molecule has 3 nitrogen and oxygen atoms in total. The third kappa shape index (κ3) is 3.65. The minimum Gasteiger partial charge on any atom is -0.338 e. The fraction of sp³-hybridized carbons (Fsp3) is 0.857. The zero-order valence-electron chi connectivity index (χ0n) is 11.3. The second-order valence-corrected chi connectivity index (χ2v) is 5.77. The van der Waals surface area contributed by atoms with Gasteiger partial charge in [0.1, 0.15) is 0 Å². The van der Waals surface area contributed by atoms with Crippen LogP contribution in [0.15, 0.2) is 0 Å². The molecule has 0 N–H and O–H groups in total. The summed E-state index contributed by atoms with van der Waals surface area (Å²) in [4.78, 5) is 14.1. The first kappa shape index (κ1) is 15.1. The van der Waals surface area contributed by atoms with Crippen molar-refractivity contribution in [1.82, 2.24) is 4.90 Å². The molecular weight excluding hydrogens is 269 g/mol. The first-order valence-corrected chi connectivity index (χ1v) is 7.17. The number of rotatable bonds is 4. The predicted octanol–water partition coefficient (Wildman–Crippen LogP) is 3.26. The van der Waals surface area contributed by atoms with E-state index in [1.807, 2.05) is 6.07 Å². The summed E-state index contributed by atoms with van der Waals surface area (Å²) in [6.45, 7) is 0.354. The summed E-state index contributed by atoms with van der Waals surface area (Å²) in [5, 5.41) is 8.62. The summed E-state index contributed by atoms with van der Waals surface area (Å²) in [5.74, 6) is -2.03. The van der Waals surface area contributed by atoms with E-state index in [9.17, 15) is 18.0 Å². The molecule has 2 unspecified atom stereocenters. The van der Waals surface area contributed by atoms with Crippen LogP contribution in [-0.4, -0.2) is 29.6 Å². The molecule has 0 bridgehead atoms. The highest BCUT2D eigenvalue weighted by molar-refractivity contribution is 5.79.